The van der Waals surface area contributed by atoms with Crippen LogP contribution in [0.1, 0.15) is 42.0 Å². The van der Waals surface area contributed by atoms with Gasteiger partial charge in [0.05, 0.1) is 17.2 Å². The van der Waals surface area contributed by atoms with Crippen molar-refractivity contribution < 1.29 is 8.98 Å². The minimum Gasteiger partial charge on any atom is -0.455 e. The number of hydrogen-bond acceptors (Lipinski definition) is 2. The van der Waals surface area contributed by atoms with Crippen molar-refractivity contribution in [3.8, 4) is 17.3 Å². The summed E-state index contributed by atoms with van der Waals surface area (Å²) in [6.45, 7) is 8.41. The predicted octanol–water partition coefficient (Wildman–Crippen LogP) is 5.69. The molecule has 134 valence electrons. The van der Waals surface area contributed by atoms with E-state index in [1.807, 2.05) is 19.1 Å². The molecule has 2 heterocycles. The van der Waals surface area contributed by atoms with E-state index >= 15 is 0 Å². The van der Waals surface area contributed by atoms with Crippen LogP contribution < -0.4 is 4.57 Å². The van der Waals surface area contributed by atoms with E-state index in [4.69, 9.17) is 4.42 Å². The summed E-state index contributed by atoms with van der Waals surface area (Å²) >= 11 is 0. The third-order valence-corrected chi connectivity index (χ3v) is 5.35. The number of aromatic nitrogens is 1. The van der Waals surface area contributed by atoms with Crippen LogP contribution in [0.15, 0.2) is 47.0 Å². The van der Waals surface area contributed by atoms with Gasteiger partial charge in [0, 0.05) is 22.9 Å². The molecule has 2 aromatic carbocycles. The number of fused-ring (bicyclic) bond motifs is 3. The Morgan fingerprint density at radius 1 is 1.04 bits per heavy atom. The van der Waals surface area contributed by atoms with Crippen LogP contribution in [0.4, 0.5) is 0 Å². The van der Waals surface area contributed by atoms with E-state index in [0.29, 0.717) is 0 Å². The fourth-order valence-corrected chi connectivity index (χ4v) is 4.09. The summed E-state index contributed by atoms with van der Waals surface area (Å²) in [6, 6.07) is 14.8. The van der Waals surface area contributed by atoms with Gasteiger partial charge >= 0.3 is 0 Å². The molecule has 27 heavy (non-hydrogen) atoms. The average molecular weight is 355 g/mol. The average Bonchev–Trinajstić information content (AvgIpc) is 3.02. The quantitative estimate of drug-likeness (QED) is 0.433. The molecule has 0 atom stereocenters. The van der Waals surface area contributed by atoms with Crippen LogP contribution in [-0.2, 0) is 7.05 Å². The lowest BCUT2D eigenvalue weighted by molar-refractivity contribution is -0.660. The molecule has 4 rings (SSSR count). The Morgan fingerprint density at radius 2 is 1.81 bits per heavy atom. The van der Waals surface area contributed by atoms with E-state index in [2.05, 4.69) is 68.9 Å². The SMILES string of the molecule is Cc1ccc2c(oc3c(C)cc(C#N)c(C(C)C)c32)c1-c1cccc[n+]1C. The first-order valence-electron chi connectivity index (χ1n) is 9.28. The molecule has 0 unspecified atom stereocenters. The lowest BCUT2D eigenvalue weighted by atomic mass is 9.90. The summed E-state index contributed by atoms with van der Waals surface area (Å²) in [4.78, 5) is 0. The number of aryl methyl sites for hydroxylation is 3. The molecule has 0 radical (unpaired) electrons. The molecule has 0 fully saturated rings. The van der Waals surface area contributed by atoms with Gasteiger partial charge in [-0.1, -0.05) is 26.0 Å². The van der Waals surface area contributed by atoms with Gasteiger partial charge in [-0.15, -0.1) is 0 Å². The Bertz CT molecular complexity index is 1240. The Labute approximate surface area is 159 Å². The van der Waals surface area contributed by atoms with Crippen LogP contribution in [-0.4, -0.2) is 0 Å². The zero-order valence-corrected chi connectivity index (χ0v) is 16.4. The molecule has 0 aliphatic carbocycles. The van der Waals surface area contributed by atoms with Gasteiger partial charge in [-0.25, -0.2) is 4.57 Å². The summed E-state index contributed by atoms with van der Waals surface area (Å²) in [6.07, 6.45) is 2.05. The van der Waals surface area contributed by atoms with Crippen molar-refractivity contribution in [1.29, 1.82) is 5.26 Å². The van der Waals surface area contributed by atoms with Gasteiger partial charge in [0.15, 0.2) is 6.20 Å². The van der Waals surface area contributed by atoms with Crippen LogP contribution in [0, 0.1) is 25.2 Å². The highest BCUT2D eigenvalue weighted by molar-refractivity contribution is 6.12. The predicted molar refractivity (Wildman–Crippen MR) is 109 cm³/mol. The summed E-state index contributed by atoms with van der Waals surface area (Å²) in [5.41, 5.74) is 8.00. The van der Waals surface area contributed by atoms with Gasteiger partial charge in [0.25, 0.3) is 0 Å². The standard InChI is InChI=1S/C24H23N2O/c1-14(2)20-17(13-25)12-16(4)23-22(20)18-10-9-15(3)21(24(18)27-23)19-8-6-7-11-26(19)5/h6-12,14H,1-5H3/q+1. The van der Waals surface area contributed by atoms with E-state index in [1.165, 1.54) is 5.56 Å². The monoisotopic (exact) mass is 355 g/mol. The molecule has 2 aromatic heterocycles. The van der Waals surface area contributed by atoms with Gasteiger partial charge in [-0.2, -0.15) is 5.26 Å². The van der Waals surface area contributed by atoms with Gasteiger partial charge in [-0.05, 0) is 48.6 Å². The zero-order valence-electron chi connectivity index (χ0n) is 16.4. The molecule has 3 nitrogen and oxygen atoms in total. The van der Waals surface area contributed by atoms with Gasteiger partial charge in [0.1, 0.15) is 18.2 Å². The fraction of sp³-hybridized carbons (Fsp3) is 0.250. The Hall–Kier alpha value is -3.12. The van der Waals surface area contributed by atoms with Gasteiger partial charge in [0.2, 0.25) is 5.69 Å². The van der Waals surface area contributed by atoms with Crippen LogP contribution in [0.3, 0.4) is 0 Å². The van der Waals surface area contributed by atoms with Crippen molar-refractivity contribution in [2.45, 2.75) is 33.6 Å². The van der Waals surface area contributed by atoms with Gasteiger partial charge in [-0.3, -0.25) is 0 Å². The van der Waals surface area contributed by atoms with E-state index in [9.17, 15) is 5.26 Å². The molecule has 0 aliphatic rings. The highest BCUT2D eigenvalue weighted by Crippen LogP contribution is 2.42. The smallest absolute Gasteiger partial charge is 0.216 e. The van der Waals surface area contributed by atoms with Crippen LogP contribution in [0.5, 0.6) is 0 Å². The van der Waals surface area contributed by atoms with E-state index < -0.39 is 0 Å². The summed E-state index contributed by atoms with van der Waals surface area (Å²) in [5.74, 6) is 0.237. The van der Waals surface area contributed by atoms with Crippen molar-refractivity contribution in [3.63, 3.8) is 0 Å². The number of benzene rings is 2. The summed E-state index contributed by atoms with van der Waals surface area (Å²) < 4.78 is 8.59. The molecule has 0 saturated heterocycles. The third kappa shape index (κ3) is 2.52. The number of pyridine rings is 1. The second-order valence-corrected chi connectivity index (χ2v) is 7.56. The first kappa shape index (κ1) is 17.3. The zero-order chi connectivity index (χ0) is 19.3. The lowest BCUT2D eigenvalue weighted by Crippen LogP contribution is -2.30. The van der Waals surface area contributed by atoms with Gasteiger partial charge < -0.3 is 4.42 Å². The number of hydrogen-bond donors (Lipinski definition) is 0. The Morgan fingerprint density at radius 3 is 2.48 bits per heavy atom. The second-order valence-electron chi connectivity index (χ2n) is 7.56. The minimum atomic E-state index is 0.237. The molecule has 0 bridgehead atoms. The first-order chi connectivity index (χ1) is 12.9. The number of rotatable bonds is 2. The molecule has 0 spiro atoms. The highest BCUT2D eigenvalue weighted by Gasteiger charge is 2.24. The van der Waals surface area contributed by atoms with E-state index in [-0.39, 0.29) is 5.92 Å². The maximum atomic E-state index is 9.69. The number of nitrogens with zero attached hydrogens (tertiary/aromatic N) is 2. The highest BCUT2D eigenvalue weighted by atomic mass is 16.3. The maximum absolute atomic E-state index is 9.69. The van der Waals surface area contributed by atoms with E-state index in [0.717, 1.165) is 49.9 Å². The number of nitriles is 1. The van der Waals surface area contributed by atoms with Crippen molar-refractivity contribution >= 4 is 21.9 Å². The molecule has 3 heteroatoms. The Kier molecular flexibility index (Phi) is 4.00. The van der Waals surface area contributed by atoms with Crippen molar-refractivity contribution in [3.05, 3.63) is 64.8 Å². The minimum absolute atomic E-state index is 0.237. The van der Waals surface area contributed by atoms with E-state index in [1.54, 1.807) is 0 Å². The molecule has 0 aliphatic heterocycles. The fourth-order valence-electron chi connectivity index (χ4n) is 4.09. The largest absolute Gasteiger partial charge is 0.455 e. The molecule has 4 aromatic rings. The second kappa shape index (κ2) is 6.25. The summed E-state index contributed by atoms with van der Waals surface area (Å²) in [5, 5.41) is 11.9. The summed E-state index contributed by atoms with van der Waals surface area (Å²) in [7, 11) is 2.05. The lowest BCUT2D eigenvalue weighted by Gasteiger charge is -2.11. The molecule has 0 saturated carbocycles. The van der Waals surface area contributed by atoms with Crippen molar-refractivity contribution in [1.82, 2.24) is 0 Å². The third-order valence-electron chi connectivity index (χ3n) is 5.35. The van der Waals surface area contributed by atoms with Crippen LogP contribution >= 0.6 is 0 Å². The first-order valence-corrected chi connectivity index (χ1v) is 9.28. The van der Waals surface area contributed by atoms with Crippen LogP contribution in [0.25, 0.3) is 33.2 Å². The molecule has 0 N–H and O–H groups in total. The normalized spacial score (nSPS) is 11.4. The number of furan rings is 1. The maximum Gasteiger partial charge on any atom is 0.216 e. The van der Waals surface area contributed by atoms with Crippen molar-refractivity contribution in [2.75, 3.05) is 0 Å². The Balaban J connectivity index is 2.23. The topological polar surface area (TPSA) is 40.8 Å². The molecular formula is C24H23N2O+. The molecule has 0 amide bonds. The van der Waals surface area contributed by atoms with Crippen LogP contribution in [0.2, 0.25) is 0 Å². The molecular weight excluding hydrogens is 332 g/mol. The van der Waals surface area contributed by atoms with Crippen molar-refractivity contribution in [2.24, 2.45) is 7.05 Å².